The molecule has 3 heterocycles. The number of hydrogen-bond donors (Lipinski definition) is 1. The molecule has 9 heteroatoms. The number of likely N-dealkylation sites (tertiary alicyclic amines) is 1. The summed E-state index contributed by atoms with van der Waals surface area (Å²) in [5, 5.41) is 8.41. The normalized spacial score (nSPS) is 18.6. The number of aromatic amines is 1. The van der Waals surface area contributed by atoms with Crippen LogP contribution >= 0.6 is 0 Å². The maximum Gasteiger partial charge on any atom is 0.256 e. The van der Waals surface area contributed by atoms with Crippen molar-refractivity contribution in [3.63, 3.8) is 0 Å². The Bertz CT molecular complexity index is 1350. The predicted molar refractivity (Wildman–Crippen MR) is 114 cm³/mol. The second kappa shape index (κ2) is 7.22. The summed E-state index contributed by atoms with van der Waals surface area (Å²) in [6.45, 7) is 6.34. The zero-order chi connectivity index (χ0) is 22.6. The Balaban J connectivity index is 1.61. The van der Waals surface area contributed by atoms with Crippen LogP contribution in [0.2, 0.25) is 0 Å². The molecule has 164 valence electrons. The van der Waals surface area contributed by atoms with Gasteiger partial charge >= 0.3 is 0 Å². The minimum absolute atomic E-state index is 0.0619. The standard InChI is InChI=1S/C23H22F2N6O/c1-13-11-15(18(12-14(13)2)31-26-8-9-27-31)21(32)30-10-4-7-23(30,3)22-28-17-6-5-16(24)19(25)20(17)29-22/h5-6,8-9,11-12H,4,7,10H2,1-3H3,(H,28,29). The number of halogens is 2. The maximum absolute atomic E-state index is 14.3. The first-order chi connectivity index (χ1) is 15.3. The van der Waals surface area contributed by atoms with Crippen molar-refractivity contribution in [1.29, 1.82) is 0 Å². The van der Waals surface area contributed by atoms with Crippen LogP contribution in [0.3, 0.4) is 0 Å². The molecule has 2 aromatic heterocycles. The van der Waals surface area contributed by atoms with Gasteiger partial charge < -0.3 is 9.88 Å². The topological polar surface area (TPSA) is 79.7 Å². The largest absolute Gasteiger partial charge is 0.340 e. The van der Waals surface area contributed by atoms with Gasteiger partial charge in [0.05, 0.1) is 34.7 Å². The molecule has 0 aliphatic carbocycles. The molecule has 1 atom stereocenters. The summed E-state index contributed by atoms with van der Waals surface area (Å²) in [5.41, 5.74) is 2.60. The molecule has 5 rings (SSSR count). The van der Waals surface area contributed by atoms with Crippen LogP contribution in [0.1, 0.15) is 47.1 Å². The summed E-state index contributed by atoms with van der Waals surface area (Å²) in [7, 11) is 0. The van der Waals surface area contributed by atoms with Crippen molar-refractivity contribution in [2.24, 2.45) is 0 Å². The number of H-pyrrole nitrogens is 1. The van der Waals surface area contributed by atoms with Gasteiger partial charge in [-0.2, -0.15) is 15.0 Å². The fraction of sp³-hybridized carbons (Fsp3) is 0.304. The molecule has 1 N–H and O–H groups in total. The number of amides is 1. The van der Waals surface area contributed by atoms with Crippen LogP contribution in [0, 0.1) is 25.5 Å². The number of carbonyl (C=O) groups is 1. The number of imidazole rings is 1. The molecule has 0 radical (unpaired) electrons. The highest BCUT2D eigenvalue weighted by Crippen LogP contribution is 2.39. The van der Waals surface area contributed by atoms with Crippen LogP contribution in [0.4, 0.5) is 8.78 Å². The Hall–Kier alpha value is -3.62. The first-order valence-electron chi connectivity index (χ1n) is 10.4. The van der Waals surface area contributed by atoms with Gasteiger partial charge in [-0.25, -0.2) is 13.8 Å². The molecule has 32 heavy (non-hydrogen) atoms. The van der Waals surface area contributed by atoms with E-state index in [0.29, 0.717) is 35.6 Å². The Morgan fingerprint density at radius 3 is 2.59 bits per heavy atom. The van der Waals surface area contributed by atoms with E-state index in [4.69, 9.17) is 0 Å². The van der Waals surface area contributed by atoms with Crippen LogP contribution in [-0.4, -0.2) is 42.3 Å². The zero-order valence-electron chi connectivity index (χ0n) is 18.0. The van der Waals surface area contributed by atoms with Crippen LogP contribution in [-0.2, 0) is 5.54 Å². The third-order valence-electron chi connectivity index (χ3n) is 6.42. The van der Waals surface area contributed by atoms with E-state index in [0.717, 1.165) is 23.6 Å². The smallest absolute Gasteiger partial charge is 0.256 e. The number of aromatic nitrogens is 5. The Labute approximate surface area is 183 Å². The molecule has 1 aliphatic rings. The van der Waals surface area contributed by atoms with E-state index in [2.05, 4.69) is 20.2 Å². The lowest BCUT2D eigenvalue weighted by Gasteiger charge is -2.34. The molecule has 7 nitrogen and oxygen atoms in total. The molecule has 0 spiro atoms. The maximum atomic E-state index is 14.3. The van der Waals surface area contributed by atoms with Crippen molar-refractivity contribution >= 4 is 16.9 Å². The van der Waals surface area contributed by atoms with Gasteiger partial charge in [0.1, 0.15) is 11.3 Å². The fourth-order valence-corrected chi connectivity index (χ4v) is 4.43. The van der Waals surface area contributed by atoms with Gasteiger partial charge in [-0.1, -0.05) is 0 Å². The van der Waals surface area contributed by atoms with Gasteiger partial charge in [-0.05, 0) is 69.0 Å². The van der Waals surface area contributed by atoms with Crippen LogP contribution in [0.15, 0.2) is 36.7 Å². The Morgan fingerprint density at radius 1 is 1.12 bits per heavy atom. The minimum atomic E-state index is -0.995. The van der Waals surface area contributed by atoms with E-state index in [-0.39, 0.29) is 11.4 Å². The van der Waals surface area contributed by atoms with E-state index in [1.807, 2.05) is 32.9 Å². The highest BCUT2D eigenvalue weighted by molar-refractivity contribution is 5.98. The van der Waals surface area contributed by atoms with Gasteiger partial charge in [0, 0.05) is 6.54 Å². The molecule has 1 aliphatic heterocycles. The van der Waals surface area contributed by atoms with Gasteiger partial charge in [-0.15, -0.1) is 0 Å². The molecule has 1 fully saturated rings. The van der Waals surface area contributed by atoms with E-state index < -0.39 is 17.2 Å². The molecular weight excluding hydrogens is 414 g/mol. The van der Waals surface area contributed by atoms with E-state index in [1.165, 1.54) is 10.9 Å². The van der Waals surface area contributed by atoms with Crippen molar-refractivity contribution in [2.45, 2.75) is 39.2 Å². The van der Waals surface area contributed by atoms with Crippen molar-refractivity contribution < 1.29 is 13.6 Å². The number of nitrogens with zero attached hydrogens (tertiary/aromatic N) is 5. The minimum Gasteiger partial charge on any atom is -0.340 e. The molecule has 1 amide bonds. The summed E-state index contributed by atoms with van der Waals surface area (Å²) in [6, 6.07) is 6.27. The second-order valence-electron chi connectivity index (χ2n) is 8.45. The van der Waals surface area contributed by atoms with Crippen molar-refractivity contribution in [3.8, 4) is 5.69 Å². The van der Waals surface area contributed by atoms with E-state index >= 15 is 0 Å². The van der Waals surface area contributed by atoms with Gasteiger partial charge in [-0.3, -0.25) is 4.79 Å². The first-order valence-corrected chi connectivity index (χ1v) is 10.4. The summed E-state index contributed by atoms with van der Waals surface area (Å²) in [4.78, 5) is 24.5. The highest BCUT2D eigenvalue weighted by atomic mass is 19.2. The number of benzene rings is 2. The lowest BCUT2D eigenvalue weighted by Crippen LogP contribution is -2.44. The number of hydrogen-bond acceptors (Lipinski definition) is 4. The lowest BCUT2D eigenvalue weighted by atomic mass is 9.96. The quantitative estimate of drug-likeness (QED) is 0.522. The second-order valence-corrected chi connectivity index (χ2v) is 8.45. The monoisotopic (exact) mass is 436 g/mol. The molecular formula is C23H22F2N6O. The number of aryl methyl sites for hydroxylation is 2. The molecule has 0 saturated carbocycles. The van der Waals surface area contributed by atoms with Crippen molar-refractivity contribution in [3.05, 3.63) is 70.8 Å². The van der Waals surface area contributed by atoms with Crippen molar-refractivity contribution in [1.82, 2.24) is 29.9 Å². The predicted octanol–water partition coefficient (Wildman–Crippen LogP) is 4.19. The third-order valence-corrected chi connectivity index (χ3v) is 6.42. The number of rotatable bonds is 3. The molecule has 0 bridgehead atoms. The first kappa shape index (κ1) is 20.3. The van der Waals surface area contributed by atoms with Crippen LogP contribution in [0.5, 0.6) is 0 Å². The Morgan fingerprint density at radius 2 is 1.84 bits per heavy atom. The lowest BCUT2D eigenvalue weighted by molar-refractivity contribution is 0.0605. The molecule has 4 aromatic rings. The van der Waals surface area contributed by atoms with Gasteiger partial charge in [0.2, 0.25) is 0 Å². The summed E-state index contributed by atoms with van der Waals surface area (Å²) >= 11 is 0. The molecule has 1 unspecified atom stereocenters. The average Bonchev–Trinajstić information content (AvgIpc) is 3.52. The summed E-state index contributed by atoms with van der Waals surface area (Å²) in [5.74, 6) is -1.70. The molecule has 1 saturated heterocycles. The average molecular weight is 436 g/mol. The van der Waals surface area contributed by atoms with E-state index in [9.17, 15) is 13.6 Å². The number of fused-ring (bicyclic) bond motifs is 1. The van der Waals surface area contributed by atoms with Crippen LogP contribution < -0.4 is 0 Å². The van der Waals surface area contributed by atoms with Gasteiger partial charge in [0.25, 0.3) is 5.91 Å². The highest BCUT2D eigenvalue weighted by Gasteiger charge is 2.44. The van der Waals surface area contributed by atoms with E-state index in [1.54, 1.807) is 17.3 Å². The SMILES string of the molecule is Cc1cc(C(=O)N2CCCC2(C)c2nc3c(F)c(F)ccc3[nH]2)c(-n2nccn2)cc1C. The zero-order valence-corrected chi connectivity index (χ0v) is 18.0. The van der Waals surface area contributed by atoms with Gasteiger partial charge in [0.15, 0.2) is 11.6 Å². The van der Waals surface area contributed by atoms with Crippen LogP contribution in [0.25, 0.3) is 16.7 Å². The summed E-state index contributed by atoms with van der Waals surface area (Å²) < 4.78 is 28.0. The molecule has 2 aromatic carbocycles. The van der Waals surface area contributed by atoms with Crippen molar-refractivity contribution in [2.75, 3.05) is 6.54 Å². The summed E-state index contributed by atoms with van der Waals surface area (Å²) in [6.07, 6.45) is 4.52. The Kier molecular flexibility index (Phi) is 4.58. The number of carbonyl (C=O) groups excluding carboxylic acids is 1. The third kappa shape index (κ3) is 2.99. The fourth-order valence-electron chi connectivity index (χ4n) is 4.43. The number of nitrogens with one attached hydrogen (secondary N) is 1.